The Hall–Kier alpha value is -1.43. The molecule has 4 N–H and O–H groups in total. The third kappa shape index (κ3) is 2.01. The smallest absolute Gasteiger partial charge is 0.229 e. The van der Waals surface area contributed by atoms with Crippen LogP contribution in [0.2, 0.25) is 0 Å². The fourth-order valence-electron chi connectivity index (χ4n) is 0.652. The molecule has 0 spiro atoms. The van der Waals surface area contributed by atoms with Gasteiger partial charge in [0.2, 0.25) is 11.9 Å². The molecule has 0 aliphatic heterocycles. The van der Waals surface area contributed by atoms with Gasteiger partial charge >= 0.3 is 0 Å². The van der Waals surface area contributed by atoms with E-state index < -0.39 is 0 Å². The minimum absolute atomic E-state index is 0.147. The quantitative estimate of drug-likeness (QED) is 0.480. The number of nitrogens with one attached hydrogen (secondary N) is 1. The van der Waals surface area contributed by atoms with Crippen molar-refractivity contribution in [2.45, 2.75) is 6.92 Å². The third-order valence-corrected chi connectivity index (χ3v) is 1.00. The van der Waals surface area contributed by atoms with Gasteiger partial charge in [0.25, 0.3) is 0 Å². The Balaban J connectivity index is 2.89. The lowest BCUT2D eigenvalue weighted by Crippen LogP contribution is -2.08. The van der Waals surface area contributed by atoms with E-state index in [0.29, 0.717) is 5.82 Å². The second-order valence-electron chi connectivity index (χ2n) is 1.90. The van der Waals surface area contributed by atoms with Crippen LogP contribution in [-0.4, -0.2) is 26.8 Å². The molecule has 60 valence electrons. The van der Waals surface area contributed by atoms with Gasteiger partial charge in [0.05, 0.1) is 0 Å². The maximum atomic E-state index is 8.45. The fraction of sp³-hybridized carbons (Fsp3) is 0.400. The van der Waals surface area contributed by atoms with Crippen LogP contribution >= 0.6 is 0 Å². The summed E-state index contributed by atoms with van der Waals surface area (Å²) in [7, 11) is 0. The Labute approximate surface area is 63.5 Å². The number of aryl methyl sites for hydroxylation is 1. The highest BCUT2D eigenvalue weighted by Crippen LogP contribution is 1.99. The van der Waals surface area contributed by atoms with Crippen LogP contribution in [0.15, 0.2) is 0 Å². The molecular weight excluding hydrogens is 146 g/mol. The van der Waals surface area contributed by atoms with E-state index in [-0.39, 0.29) is 18.6 Å². The van der Waals surface area contributed by atoms with E-state index in [9.17, 15) is 0 Å². The second kappa shape index (κ2) is 3.11. The van der Waals surface area contributed by atoms with Gasteiger partial charge in [0.1, 0.15) is 12.6 Å². The van der Waals surface area contributed by atoms with Crippen LogP contribution in [0.4, 0.5) is 11.9 Å². The van der Waals surface area contributed by atoms with Gasteiger partial charge in [0, 0.05) is 0 Å². The molecule has 1 rings (SSSR count). The Morgan fingerprint density at radius 1 is 1.45 bits per heavy atom. The zero-order valence-corrected chi connectivity index (χ0v) is 6.07. The molecule has 0 aromatic carbocycles. The topological polar surface area (TPSA) is 97.0 Å². The van der Waals surface area contributed by atoms with Gasteiger partial charge in [-0.25, -0.2) is 0 Å². The summed E-state index contributed by atoms with van der Waals surface area (Å²) in [4.78, 5) is 11.3. The number of anilines is 2. The van der Waals surface area contributed by atoms with Gasteiger partial charge < -0.3 is 16.2 Å². The van der Waals surface area contributed by atoms with E-state index in [2.05, 4.69) is 20.3 Å². The lowest BCUT2D eigenvalue weighted by Gasteiger charge is -2.00. The average molecular weight is 155 g/mol. The van der Waals surface area contributed by atoms with E-state index >= 15 is 0 Å². The highest BCUT2D eigenvalue weighted by molar-refractivity contribution is 5.29. The summed E-state index contributed by atoms with van der Waals surface area (Å²) in [5.41, 5.74) is 5.31. The van der Waals surface area contributed by atoms with Crippen molar-refractivity contribution in [1.82, 2.24) is 15.0 Å². The van der Waals surface area contributed by atoms with Gasteiger partial charge in [-0.15, -0.1) is 0 Å². The molecule has 11 heavy (non-hydrogen) atoms. The Bertz CT molecular complexity index is 230. The molecule has 0 atom stereocenters. The summed E-state index contributed by atoms with van der Waals surface area (Å²) < 4.78 is 0. The van der Waals surface area contributed by atoms with Crippen LogP contribution in [0.1, 0.15) is 5.82 Å². The number of hydrogen-bond donors (Lipinski definition) is 3. The Kier molecular flexibility index (Phi) is 2.17. The molecule has 0 amide bonds. The normalized spacial score (nSPS) is 9.64. The number of aliphatic hydroxyl groups is 1. The zero-order chi connectivity index (χ0) is 8.27. The van der Waals surface area contributed by atoms with E-state index in [1.165, 1.54) is 0 Å². The summed E-state index contributed by atoms with van der Waals surface area (Å²) in [5.74, 6) is 0.958. The van der Waals surface area contributed by atoms with E-state index in [0.717, 1.165) is 0 Å². The molecule has 0 radical (unpaired) electrons. The van der Waals surface area contributed by atoms with Gasteiger partial charge in [-0.1, -0.05) is 0 Å². The van der Waals surface area contributed by atoms with E-state index in [1.54, 1.807) is 6.92 Å². The lowest BCUT2D eigenvalue weighted by molar-refractivity contribution is 0.324. The molecule has 0 unspecified atom stereocenters. The van der Waals surface area contributed by atoms with Gasteiger partial charge in [0.15, 0.2) is 0 Å². The molecule has 1 aromatic rings. The summed E-state index contributed by atoms with van der Waals surface area (Å²) in [6.07, 6.45) is 0. The first kappa shape index (κ1) is 7.67. The number of hydrogen-bond acceptors (Lipinski definition) is 6. The minimum Gasteiger partial charge on any atom is -0.376 e. The van der Waals surface area contributed by atoms with E-state index in [1.807, 2.05) is 0 Å². The number of aromatic nitrogens is 3. The molecule has 0 saturated heterocycles. The minimum atomic E-state index is -0.219. The predicted molar refractivity (Wildman–Crippen MR) is 39.7 cm³/mol. The molecule has 1 heterocycles. The standard InChI is InChI=1S/C5H9N5O/c1-3-8-4(6)10-5(9-3)7-2-11/h11H,2H2,1H3,(H3,6,7,8,9,10). The first-order chi connectivity index (χ1) is 5.22. The van der Waals surface area contributed by atoms with Gasteiger partial charge in [-0.2, -0.15) is 15.0 Å². The van der Waals surface area contributed by atoms with Crippen LogP contribution in [0.25, 0.3) is 0 Å². The Morgan fingerprint density at radius 3 is 2.73 bits per heavy atom. The average Bonchev–Trinajstić information content (AvgIpc) is 1.85. The second-order valence-corrected chi connectivity index (χ2v) is 1.90. The van der Waals surface area contributed by atoms with Gasteiger partial charge in [-0.05, 0) is 6.92 Å². The molecule has 0 fully saturated rings. The van der Waals surface area contributed by atoms with Crippen molar-refractivity contribution < 1.29 is 5.11 Å². The lowest BCUT2D eigenvalue weighted by atomic mass is 10.7. The summed E-state index contributed by atoms with van der Waals surface area (Å²) in [6.45, 7) is 1.48. The summed E-state index contributed by atoms with van der Waals surface area (Å²) >= 11 is 0. The maximum absolute atomic E-state index is 8.45. The molecule has 6 heteroatoms. The maximum Gasteiger partial charge on any atom is 0.229 e. The van der Waals surface area contributed by atoms with Crippen LogP contribution < -0.4 is 11.1 Å². The highest BCUT2D eigenvalue weighted by Gasteiger charge is 1.97. The van der Waals surface area contributed by atoms with Crippen molar-refractivity contribution >= 4 is 11.9 Å². The molecule has 0 aliphatic rings. The van der Waals surface area contributed by atoms with Crippen LogP contribution in [0, 0.1) is 6.92 Å². The van der Waals surface area contributed by atoms with Crippen molar-refractivity contribution in [3.63, 3.8) is 0 Å². The third-order valence-electron chi connectivity index (χ3n) is 1.00. The van der Waals surface area contributed by atoms with Crippen molar-refractivity contribution in [2.75, 3.05) is 17.8 Å². The first-order valence-electron chi connectivity index (χ1n) is 3.05. The monoisotopic (exact) mass is 155 g/mol. The van der Waals surface area contributed by atoms with E-state index in [4.69, 9.17) is 10.8 Å². The number of aliphatic hydroxyl groups excluding tert-OH is 1. The molecule has 0 aliphatic carbocycles. The Morgan fingerprint density at radius 2 is 2.18 bits per heavy atom. The highest BCUT2D eigenvalue weighted by atomic mass is 16.3. The fourth-order valence-corrected chi connectivity index (χ4v) is 0.652. The summed E-state index contributed by atoms with van der Waals surface area (Å²) in [5, 5.41) is 11.0. The van der Waals surface area contributed by atoms with Crippen LogP contribution in [0.5, 0.6) is 0 Å². The van der Waals surface area contributed by atoms with Gasteiger partial charge in [-0.3, -0.25) is 0 Å². The van der Waals surface area contributed by atoms with Crippen molar-refractivity contribution in [2.24, 2.45) is 0 Å². The van der Waals surface area contributed by atoms with Crippen molar-refractivity contribution in [1.29, 1.82) is 0 Å². The zero-order valence-electron chi connectivity index (χ0n) is 6.07. The molecule has 1 aromatic heterocycles. The number of nitrogen functional groups attached to an aromatic ring is 1. The molecule has 6 nitrogen and oxygen atoms in total. The SMILES string of the molecule is Cc1nc(N)nc(NCO)n1. The number of nitrogens with two attached hydrogens (primary N) is 1. The molecular formula is C5H9N5O. The molecule has 0 saturated carbocycles. The number of nitrogens with zero attached hydrogens (tertiary/aromatic N) is 3. The largest absolute Gasteiger partial charge is 0.376 e. The van der Waals surface area contributed by atoms with Crippen LogP contribution in [-0.2, 0) is 0 Å². The first-order valence-corrected chi connectivity index (χ1v) is 3.05. The van der Waals surface area contributed by atoms with Crippen LogP contribution in [0.3, 0.4) is 0 Å². The predicted octanol–water partition coefficient (Wildman–Crippen LogP) is -0.876. The van der Waals surface area contributed by atoms with Crippen molar-refractivity contribution in [3.8, 4) is 0 Å². The number of rotatable bonds is 2. The van der Waals surface area contributed by atoms with Crippen molar-refractivity contribution in [3.05, 3.63) is 5.82 Å². The molecule has 0 bridgehead atoms. The summed E-state index contributed by atoms with van der Waals surface area (Å²) in [6, 6.07) is 0.